The monoisotopic (exact) mass is 422 g/mol. The second-order valence-corrected chi connectivity index (χ2v) is 6.45. The van der Waals surface area contributed by atoms with Gasteiger partial charge in [0.1, 0.15) is 0 Å². The predicted octanol–water partition coefficient (Wildman–Crippen LogP) is 3.13. The molecule has 0 fully saturated rings. The van der Waals surface area contributed by atoms with Gasteiger partial charge in [-0.1, -0.05) is 46.3 Å². The maximum atomic E-state index is 13.6. The number of carbonyl (C=O) groups is 2. The van der Waals surface area contributed by atoms with Crippen molar-refractivity contribution < 1.29 is 18.7 Å². The lowest BCUT2D eigenvalue weighted by atomic mass is 10.2. The normalized spacial score (nSPS) is 10.3. The van der Waals surface area contributed by atoms with Gasteiger partial charge in [0.25, 0.3) is 5.91 Å². The molecule has 0 aliphatic carbocycles. The van der Waals surface area contributed by atoms with E-state index in [9.17, 15) is 14.0 Å². The fourth-order valence-corrected chi connectivity index (χ4v) is 2.59. The van der Waals surface area contributed by atoms with Gasteiger partial charge >= 0.3 is 0 Å². The van der Waals surface area contributed by atoms with Crippen molar-refractivity contribution in [3.05, 3.63) is 64.4 Å². The van der Waals surface area contributed by atoms with E-state index in [1.165, 1.54) is 12.1 Å². The van der Waals surface area contributed by atoms with Gasteiger partial charge in [-0.25, -0.2) is 4.39 Å². The van der Waals surface area contributed by atoms with Crippen LogP contribution in [0.25, 0.3) is 0 Å². The van der Waals surface area contributed by atoms with Gasteiger partial charge < -0.3 is 15.0 Å². The van der Waals surface area contributed by atoms with Crippen molar-refractivity contribution in [1.82, 2.24) is 10.2 Å². The van der Waals surface area contributed by atoms with Crippen molar-refractivity contribution in [3.8, 4) is 5.75 Å². The molecule has 0 radical (unpaired) electrons. The molecule has 7 heteroatoms. The summed E-state index contributed by atoms with van der Waals surface area (Å²) in [6, 6.07) is 13.9. The average molecular weight is 423 g/mol. The molecule has 0 aliphatic heterocycles. The number of nitrogens with one attached hydrogen (secondary N) is 1. The van der Waals surface area contributed by atoms with Gasteiger partial charge in [-0.15, -0.1) is 0 Å². The van der Waals surface area contributed by atoms with Crippen LogP contribution in [0, 0.1) is 5.82 Å². The summed E-state index contributed by atoms with van der Waals surface area (Å²) in [5.74, 6) is -1.27. The molecular formula is C19H20BrFN2O3. The number of halogens is 2. The smallest absolute Gasteiger partial charge is 0.258 e. The Morgan fingerprint density at radius 1 is 1.19 bits per heavy atom. The standard InChI is InChI=1S/C19H20BrFN2O3/c1-2-23(12-14-6-4-3-5-7-14)19(25)11-22-18(24)13-26-17-9-8-15(20)10-16(17)21/h3-10H,2,11-13H2,1H3,(H,22,24). The second-order valence-electron chi connectivity index (χ2n) is 5.53. The first kappa shape index (κ1) is 19.9. The van der Waals surface area contributed by atoms with E-state index >= 15 is 0 Å². The lowest BCUT2D eigenvalue weighted by Gasteiger charge is -2.21. The second kappa shape index (κ2) is 9.91. The lowest BCUT2D eigenvalue weighted by molar-refractivity contribution is -0.133. The van der Waals surface area contributed by atoms with Gasteiger partial charge in [0.05, 0.1) is 6.54 Å². The summed E-state index contributed by atoms with van der Waals surface area (Å²) in [7, 11) is 0. The molecule has 1 N–H and O–H groups in total. The molecule has 0 atom stereocenters. The first-order valence-corrected chi connectivity index (χ1v) is 8.95. The zero-order valence-corrected chi connectivity index (χ0v) is 16.0. The highest BCUT2D eigenvalue weighted by molar-refractivity contribution is 9.10. The largest absolute Gasteiger partial charge is 0.481 e. The van der Waals surface area contributed by atoms with Crippen LogP contribution < -0.4 is 10.1 Å². The van der Waals surface area contributed by atoms with Gasteiger partial charge in [0.15, 0.2) is 18.2 Å². The van der Waals surface area contributed by atoms with Gasteiger partial charge in [-0.05, 0) is 30.7 Å². The number of benzene rings is 2. The molecule has 138 valence electrons. The Hall–Kier alpha value is -2.41. The minimum Gasteiger partial charge on any atom is -0.481 e. The minimum atomic E-state index is -0.566. The summed E-state index contributed by atoms with van der Waals surface area (Å²) in [5, 5.41) is 2.50. The Morgan fingerprint density at radius 3 is 2.58 bits per heavy atom. The SMILES string of the molecule is CCN(Cc1ccccc1)C(=O)CNC(=O)COc1ccc(Br)cc1F. The molecule has 2 rings (SSSR count). The Kier molecular flexibility index (Phi) is 7.59. The molecule has 2 aromatic carbocycles. The topological polar surface area (TPSA) is 58.6 Å². The fraction of sp³-hybridized carbons (Fsp3) is 0.263. The Morgan fingerprint density at radius 2 is 1.92 bits per heavy atom. The molecule has 0 heterocycles. The number of carbonyl (C=O) groups excluding carboxylic acids is 2. The van der Waals surface area contributed by atoms with Crippen LogP contribution in [0.2, 0.25) is 0 Å². The number of ether oxygens (including phenoxy) is 1. The van der Waals surface area contributed by atoms with Crippen molar-refractivity contribution in [2.45, 2.75) is 13.5 Å². The van der Waals surface area contributed by atoms with Crippen LogP contribution in [-0.4, -0.2) is 36.4 Å². The summed E-state index contributed by atoms with van der Waals surface area (Å²) in [6.07, 6.45) is 0. The predicted molar refractivity (Wildman–Crippen MR) is 100 cm³/mol. The van der Waals surface area contributed by atoms with Crippen LogP contribution in [0.15, 0.2) is 53.0 Å². The van der Waals surface area contributed by atoms with Crippen molar-refractivity contribution >= 4 is 27.7 Å². The zero-order valence-electron chi connectivity index (χ0n) is 14.4. The fourth-order valence-electron chi connectivity index (χ4n) is 2.25. The minimum absolute atomic E-state index is 0.0195. The number of amides is 2. The van der Waals surface area contributed by atoms with Gasteiger partial charge in [0, 0.05) is 17.6 Å². The Balaban J connectivity index is 1.79. The summed E-state index contributed by atoms with van der Waals surface area (Å²) >= 11 is 3.14. The molecule has 2 aromatic rings. The van der Waals surface area contributed by atoms with Crippen molar-refractivity contribution in [2.24, 2.45) is 0 Å². The molecule has 26 heavy (non-hydrogen) atoms. The van der Waals surface area contributed by atoms with Gasteiger partial charge in [0.2, 0.25) is 5.91 Å². The molecule has 0 aromatic heterocycles. The molecule has 0 spiro atoms. The molecular weight excluding hydrogens is 403 g/mol. The van der Waals surface area contributed by atoms with Crippen LogP contribution in [0.1, 0.15) is 12.5 Å². The maximum Gasteiger partial charge on any atom is 0.258 e. The number of nitrogens with zero attached hydrogens (tertiary/aromatic N) is 1. The Bertz CT molecular complexity index is 756. The Labute approximate surface area is 160 Å². The molecule has 5 nitrogen and oxygen atoms in total. The van der Waals surface area contributed by atoms with Crippen LogP contribution in [0.4, 0.5) is 4.39 Å². The highest BCUT2D eigenvalue weighted by atomic mass is 79.9. The van der Waals surface area contributed by atoms with Crippen LogP contribution in [0.5, 0.6) is 5.75 Å². The van der Waals surface area contributed by atoms with E-state index in [2.05, 4.69) is 21.2 Å². The summed E-state index contributed by atoms with van der Waals surface area (Å²) < 4.78 is 19.3. The average Bonchev–Trinajstić information content (AvgIpc) is 2.64. The molecule has 2 amide bonds. The van der Waals surface area contributed by atoms with Crippen molar-refractivity contribution in [1.29, 1.82) is 0 Å². The van der Waals surface area contributed by atoms with Crippen LogP contribution in [0.3, 0.4) is 0 Å². The summed E-state index contributed by atoms with van der Waals surface area (Å²) in [6.45, 7) is 2.39. The molecule has 0 saturated heterocycles. The molecule has 0 bridgehead atoms. The third-order valence-electron chi connectivity index (χ3n) is 3.64. The van der Waals surface area contributed by atoms with Gasteiger partial charge in [-0.3, -0.25) is 9.59 Å². The van der Waals surface area contributed by atoms with E-state index in [4.69, 9.17) is 4.74 Å². The van der Waals surface area contributed by atoms with E-state index in [0.717, 1.165) is 5.56 Å². The third-order valence-corrected chi connectivity index (χ3v) is 4.13. The third kappa shape index (κ3) is 6.15. The quantitative estimate of drug-likeness (QED) is 0.710. The first-order chi connectivity index (χ1) is 12.5. The lowest BCUT2D eigenvalue weighted by Crippen LogP contribution is -2.41. The van der Waals surface area contributed by atoms with E-state index in [1.807, 2.05) is 37.3 Å². The highest BCUT2D eigenvalue weighted by Crippen LogP contribution is 2.21. The van der Waals surface area contributed by atoms with Crippen LogP contribution in [-0.2, 0) is 16.1 Å². The molecule has 0 unspecified atom stereocenters. The van der Waals surface area contributed by atoms with Gasteiger partial charge in [-0.2, -0.15) is 0 Å². The number of likely N-dealkylation sites (N-methyl/N-ethyl adjacent to an activating group) is 1. The van der Waals surface area contributed by atoms with Crippen molar-refractivity contribution in [2.75, 3.05) is 19.7 Å². The van der Waals surface area contributed by atoms with E-state index in [0.29, 0.717) is 17.6 Å². The maximum absolute atomic E-state index is 13.6. The van der Waals surface area contributed by atoms with E-state index < -0.39 is 11.7 Å². The summed E-state index contributed by atoms with van der Waals surface area (Å²) in [4.78, 5) is 25.7. The number of rotatable bonds is 8. The van der Waals surface area contributed by atoms with E-state index in [-0.39, 0.29) is 24.8 Å². The summed E-state index contributed by atoms with van der Waals surface area (Å²) in [5.41, 5.74) is 1.02. The zero-order chi connectivity index (χ0) is 18.9. The van der Waals surface area contributed by atoms with E-state index in [1.54, 1.807) is 11.0 Å². The number of hydrogen-bond donors (Lipinski definition) is 1. The van der Waals surface area contributed by atoms with Crippen molar-refractivity contribution in [3.63, 3.8) is 0 Å². The van der Waals surface area contributed by atoms with Crippen LogP contribution >= 0.6 is 15.9 Å². The molecule has 0 aliphatic rings. The highest BCUT2D eigenvalue weighted by Gasteiger charge is 2.14. The number of hydrogen-bond acceptors (Lipinski definition) is 3. The first-order valence-electron chi connectivity index (χ1n) is 8.16. The molecule has 0 saturated carbocycles.